The number of para-hydroxylation sites is 1. The van der Waals surface area contributed by atoms with Gasteiger partial charge in [-0.15, -0.1) is 0 Å². The quantitative estimate of drug-likeness (QED) is 0.763. The molecule has 0 bridgehead atoms. The summed E-state index contributed by atoms with van der Waals surface area (Å²) in [5.41, 5.74) is 4.03. The Labute approximate surface area is 158 Å². The average Bonchev–Trinajstić information content (AvgIpc) is 2.83. The SMILES string of the molecule is Cc1ccccc1CN1Cc2nc(Nc3ccccc3)ccc2OCC1=O. The third-order valence-electron chi connectivity index (χ3n) is 4.65. The van der Waals surface area contributed by atoms with E-state index in [0.29, 0.717) is 18.8 Å². The van der Waals surface area contributed by atoms with Gasteiger partial charge in [-0.25, -0.2) is 4.98 Å². The second kappa shape index (κ2) is 7.50. The molecule has 0 saturated heterocycles. The van der Waals surface area contributed by atoms with Gasteiger partial charge < -0.3 is 15.0 Å². The Morgan fingerprint density at radius 1 is 1.04 bits per heavy atom. The van der Waals surface area contributed by atoms with Crippen molar-refractivity contribution in [2.45, 2.75) is 20.0 Å². The first-order valence-electron chi connectivity index (χ1n) is 8.96. The number of anilines is 2. The van der Waals surface area contributed by atoms with Crippen LogP contribution in [0, 0.1) is 6.92 Å². The number of amides is 1. The molecule has 0 aliphatic carbocycles. The zero-order valence-corrected chi connectivity index (χ0v) is 15.2. The molecule has 1 amide bonds. The topological polar surface area (TPSA) is 54.5 Å². The number of aryl methyl sites for hydroxylation is 1. The number of pyridine rings is 1. The number of aromatic nitrogens is 1. The van der Waals surface area contributed by atoms with Gasteiger partial charge in [0.25, 0.3) is 5.91 Å². The lowest BCUT2D eigenvalue weighted by Gasteiger charge is -2.21. The monoisotopic (exact) mass is 359 g/mol. The van der Waals surface area contributed by atoms with Crippen LogP contribution in [0.25, 0.3) is 0 Å². The van der Waals surface area contributed by atoms with E-state index in [2.05, 4.69) is 29.4 Å². The van der Waals surface area contributed by atoms with Gasteiger partial charge >= 0.3 is 0 Å². The number of nitrogens with zero attached hydrogens (tertiary/aromatic N) is 2. The van der Waals surface area contributed by atoms with Crippen LogP contribution in [0.2, 0.25) is 0 Å². The van der Waals surface area contributed by atoms with Crippen LogP contribution in [0.15, 0.2) is 66.7 Å². The fourth-order valence-corrected chi connectivity index (χ4v) is 3.11. The molecule has 2 aromatic carbocycles. The molecule has 0 spiro atoms. The number of nitrogens with one attached hydrogen (secondary N) is 1. The molecule has 0 atom stereocenters. The summed E-state index contributed by atoms with van der Waals surface area (Å²) in [6, 6.07) is 21.7. The van der Waals surface area contributed by atoms with E-state index < -0.39 is 0 Å². The number of carbonyl (C=O) groups excluding carboxylic acids is 1. The Balaban J connectivity index is 1.58. The first-order valence-corrected chi connectivity index (χ1v) is 8.96. The van der Waals surface area contributed by atoms with Gasteiger partial charge in [-0.1, -0.05) is 42.5 Å². The molecule has 1 N–H and O–H groups in total. The lowest BCUT2D eigenvalue weighted by Crippen LogP contribution is -2.32. The number of hydrogen-bond acceptors (Lipinski definition) is 4. The van der Waals surface area contributed by atoms with Gasteiger partial charge in [-0.05, 0) is 42.3 Å². The number of rotatable bonds is 4. The normalized spacial score (nSPS) is 13.5. The number of fused-ring (bicyclic) bond motifs is 1. The lowest BCUT2D eigenvalue weighted by atomic mass is 10.1. The van der Waals surface area contributed by atoms with E-state index in [1.165, 1.54) is 5.56 Å². The highest BCUT2D eigenvalue weighted by Crippen LogP contribution is 2.26. The van der Waals surface area contributed by atoms with Crippen LogP contribution in [-0.2, 0) is 17.9 Å². The smallest absolute Gasteiger partial charge is 0.261 e. The Kier molecular flexibility index (Phi) is 4.75. The van der Waals surface area contributed by atoms with Crippen LogP contribution in [0.1, 0.15) is 16.8 Å². The van der Waals surface area contributed by atoms with Gasteiger partial charge in [0.1, 0.15) is 17.3 Å². The van der Waals surface area contributed by atoms with Crippen molar-refractivity contribution >= 4 is 17.4 Å². The molecule has 0 fully saturated rings. The molecule has 3 aromatic rings. The van der Waals surface area contributed by atoms with Crippen molar-refractivity contribution in [1.29, 1.82) is 0 Å². The Morgan fingerprint density at radius 3 is 2.63 bits per heavy atom. The van der Waals surface area contributed by atoms with Gasteiger partial charge in [0, 0.05) is 12.2 Å². The van der Waals surface area contributed by atoms with Crippen LogP contribution in [0.4, 0.5) is 11.5 Å². The van der Waals surface area contributed by atoms with E-state index in [0.717, 1.165) is 22.8 Å². The summed E-state index contributed by atoms with van der Waals surface area (Å²) in [5.74, 6) is 1.36. The molecule has 5 nitrogen and oxygen atoms in total. The van der Waals surface area contributed by atoms with Gasteiger partial charge in [-0.3, -0.25) is 4.79 Å². The first kappa shape index (κ1) is 17.1. The molecule has 0 unspecified atom stereocenters. The van der Waals surface area contributed by atoms with E-state index in [4.69, 9.17) is 4.74 Å². The third-order valence-corrected chi connectivity index (χ3v) is 4.65. The predicted octanol–water partition coefficient (Wildman–Crippen LogP) is 4.05. The summed E-state index contributed by atoms with van der Waals surface area (Å²) >= 11 is 0. The minimum Gasteiger partial charge on any atom is -0.482 e. The van der Waals surface area contributed by atoms with Gasteiger partial charge in [0.2, 0.25) is 0 Å². The van der Waals surface area contributed by atoms with Crippen molar-refractivity contribution in [1.82, 2.24) is 9.88 Å². The second-order valence-corrected chi connectivity index (χ2v) is 6.60. The molecular weight excluding hydrogens is 338 g/mol. The fraction of sp³-hybridized carbons (Fsp3) is 0.182. The van der Waals surface area contributed by atoms with Crippen molar-refractivity contribution in [3.8, 4) is 5.75 Å². The van der Waals surface area contributed by atoms with Crippen molar-refractivity contribution in [2.24, 2.45) is 0 Å². The van der Waals surface area contributed by atoms with Gasteiger partial charge in [-0.2, -0.15) is 0 Å². The van der Waals surface area contributed by atoms with E-state index in [9.17, 15) is 4.79 Å². The van der Waals surface area contributed by atoms with Crippen LogP contribution >= 0.6 is 0 Å². The minimum atomic E-state index is -0.0335. The highest BCUT2D eigenvalue weighted by molar-refractivity contribution is 5.78. The van der Waals surface area contributed by atoms with Crippen molar-refractivity contribution in [3.05, 3.63) is 83.6 Å². The maximum absolute atomic E-state index is 12.5. The number of hydrogen-bond donors (Lipinski definition) is 1. The van der Waals surface area contributed by atoms with Crippen LogP contribution < -0.4 is 10.1 Å². The Hall–Kier alpha value is -3.34. The average molecular weight is 359 g/mol. The molecular formula is C22H21N3O2. The number of benzene rings is 2. The maximum atomic E-state index is 12.5. The molecule has 5 heteroatoms. The van der Waals surface area contributed by atoms with Crippen LogP contribution in [0.5, 0.6) is 5.75 Å². The van der Waals surface area contributed by atoms with Gasteiger partial charge in [0.05, 0.1) is 6.54 Å². The molecule has 1 aromatic heterocycles. The summed E-state index contributed by atoms with van der Waals surface area (Å²) in [6.45, 7) is 3.06. The molecule has 136 valence electrons. The maximum Gasteiger partial charge on any atom is 0.261 e. The largest absolute Gasteiger partial charge is 0.482 e. The summed E-state index contributed by atoms with van der Waals surface area (Å²) in [6.07, 6.45) is 0. The lowest BCUT2D eigenvalue weighted by molar-refractivity contribution is -0.133. The first-order chi connectivity index (χ1) is 13.2. The molecule has 4 rings (SSSR count). The summed E-state index contributed by atoms with van der Waals surface area (Å²) in [4.78, 5) is 19.0. The predicted molar refractivity (Wildman–Crippen MR) is 105 cm³/mol. The van der Waals surface area contributed by atoms with Crippen LogP contribution in [0.3, 0.4) is 0 Å². The molecule has 27 heavy (non-hydrogen) atoms. The highest BCUT2D eigenvalue weighted by atomic mass is 16.5. The standard InChI is InChI=1S/C22H21N3O2/c1-16-7-5-6-8-17(16)13-25-14-19-20(27-15-22(25)26)11-12-21(24-19)23-18-9-3-2-4-10-18/h2-12H,13-15H2,1H3,(H,23,24). The Morgan fingerprint density at radius 2 is 1.81 bits per heavy atom. The number of ether oxygens (including phenoxy) is 1. The van der Waals surface area contributed by atoms with Crippen LogP contribution in [-0.4, -0.2) is 22.4 Å². The fourth-order valence-electron chi connectivity index (χ4n) is 3.11. The van der Waals surface area contributed by atoms with E-state index >= 15 is 0 Å². The zero-order chi connectivity index (χ0) is 18.6. The molecule has 1 aliphatic heterocycles. The van der Waals surface area contributed by atoms with Crippen molar-refractivity contribution in [2.75, 3.05) is 11.9 Å². The van der Waals surface area contributed by atoms with Crippen molar-refractivity contribution in [3.63, 3.8) is 0 Å². The minimum absolute atomic E-state index is 0.0335. The molecule has 0 saturated carbocycles. The molecule has 0 radical (unpaired) electrons. The summed E-state index contributed by atoms with van der Waals surface area (Å²) < 4.78 is 5.68. The highest BCUT2D eigenvalue weighted by Gasteiger charge is 2.23. The number of carbonyl (C=O) groups is 1. The van der Waals surface area contributed by atoms with E-state index in [1.54, 1.807) is 4.90 Å². The molecule has 2 heterocycles. The zero-order valence-electron chi connectivity index (χ0n) is 15.2. The molecule has 1 aliphatic rings. The van der Waals surface area contributed by atoms with Gasteiger partial charge in [0.15, 0.2) is 6.61 Å². The van der Waals surface area contributed by atoms with Crippen molar-refractivity contribution < 1.29 is 9.53 Å². The second-order valence-electron chi connectivity index (χ2n) is 6.60. The third kappa shape index (κ3) is 3.92. The van der Waals surface area contributed by atoms with E-state index in [-0.39, 0.29) is 12.5 Å². The summed E-state index contributed by atoms with van der Waals surface area (Å²) in [5, 5.41) is 3.29. The van der Waals surface area contributed by atoms with E-state index in [1.807, 2.05) is 54.6 Å². The summed E-state index contributed by atoms with van der Waals surface area (Å²) in [7, 11) is 0. The Bertz CT molecular complexity index is 957.